The molecule has 0 unspecified atom stereocenters. The normalized spacial score (nSPS) is 19.2. The van der Waals surface area contributed by atoms with Crippen molar-refractivity contribution in [1.29, 1.82) is 0 Å². The van der Waals surface area contributed by atoms with Gasteiger partial charge in [0, 0.05) is 6.54 Å². The van der Waals surface area contributed by atoms with Gasteiger partial charge >= 0.3 is 5.97 Å². The van der Waals surface area contributed by atoms with E-state index < -0.39 is 5.97 Å². The first kappa shape index (κ1) is 13.5. The summed E-state index contributed by atoms with van der Waals surface area (Å²) in [6.07, 6.45) is 5.49. The number of piperidine rings is 1. The Morgan fingerprint density at radius 3 is 2.50 bits per heavy atom. The van der Waals surface area contributed by atoms with Crippen molar-refractivity contribution in [3.63, 3.8) is 0 Å². The maximum Gasteiger partial charge on any atom is 0.304 e. The van der Waals surface area contributed by atoms with Crippen LogP contribution in [0.1, 0.15) is 46.0 Å². The van der Waals surface area contributed by atoms with Gasteiger partial charge in [0.25, 0.3) is 0 Å². The number of carboxylic acid groups (broad SMARTS) is 1. The molecule has 1 heterocycles. The van der Waals surface area contributed by atoms with Gasteiger partial charge in [-0.25, -0.2) is 0 Å². The summed E-state index contributed by atoms with van der Waals surface area (Å²) >= 11 is 0. The Hall–Kier alpha value is -0.570. The van der Waals surface area contributed by atoms with E-state index in [4.69, 9.17) is 5.11 Å². The van der Waals surface area contributed by atoms with Crippen molar-refractivity contribution in [2.75, 3.05) is 19.6 Å². The van der Waals surface area contributed by atoms with Crippen LogP contribution in [-0.4, -0.2) is 35.6 Å². The molecule has 0 atom stereocenters. The van der Waals surface area contributed by atoms with E-state index in [1.54, 1.807) is 0 Å². The number of hydrogen-bond donors (Lipinski definition) is 1. The van der Waals surface area contributed by atoms with E-state index in [1.165, 1.54) is 25.7 Å². The minimum absolute atomic E-state index is 0.288. The van der Waals surface area contributed by atoms with E-state index in [2.05, 4.69) is 18.7 Å². The number of aliphatic carboxylic acids is 1. The molecule has 16 heavy (non-hydrogen) atoms. The van der Waals surface area contributed by atoms with E-state index in [-0.39, 0.29) is 6.42 Å². The monoisotopic (exact) mass is 227 g/mol. The standard InChI is InChI=1S/C13H25NO2/c1-11(2)3-4-12-5-8-14(9-6-12)10-7-13(15)16/h11-12H,3-10H2,1-2H3,(H,15,16). The average molecular weight is 227 g/mol. The summed E-state index contributed by atoms with van der Waals surface area (Å²) in [5.74, 6) is 1.01. The number of hydrogen-bond acceptors (Lipinski definition) is 2. The van der Waals surface area contributed by atoms with Crippen molar-refractivity contribution in [3.8, 4) is 0 Å². The molecule has 0 aromatic rings. The molecular weight excluding hydrogens is 202 g/mol. The van der Waals surface area contributed by atoms with Crippen LogP contribution >= 0.6 is 0 Å². The second-order valence-electron chi connectivity index (χ2n) is 5.40. The Labute approximate surface area is 98.8 Å². The molecule has 0 bridgehead atoms. The third-order valence-corrected chi connectivity index (χ3v) is 3.50. The molecule has 1 aliphatic heterocycles. The fourth-order valence-electron chi connectivity index (χ4n) is 2.32. The topological polar surface area (TPSA) is 40.5 Å². The zero-order valence-electron chi connectivity index (χ0n) is 10.6. The molecule has 1 saturated heterocycles. The van der Waals surface area contributed by atoms with Gasteiger partial charge in [0.2, 0.25) is 0 Å². The summed E-state index contributed by atoms with van der Waals surface area (Å²) < 4.78 is 0. The first-order valence-corrected chi connectivity index (χ1v) is 6.52. The van der Waals surface area contributed by atoms with E-state index >= 15 is 0 Å². The molecule has 0 aliphatic carbocycles. The van der Waals surface area contributed by atoms with E-state index in [0.717, 1.165) is 31.5 Å². The molecule has 0 saturated carbocycles. The SMILES string of the molecule is CC(C)CCC1CCN(CCC(=O)O)CC1. The predicted molar refractivity (Wildman–Crippen MR) is 65.5 cm³/mol. The second-order valence-corrected chi connectivity index (χ2v) is 5.40. The summed E-state index contributed by atoms with van der Waals surface area (Å²) in [6.45, 7) is 7.47. The second kappa shape index (κ2) is 6.89. The molecule has 1 rings (SSSR count). The van der Waals surface area contributed by atoms with Gasteiger partial charge in [-0.3, -0.25) is 4.79 Å². The first-order valence-electron chi connectivity index (χ1n) is 6.52. The molecule has 3 nitrogen and oxygen atoms in total. The Bertz CT molecular complexity index is 208. The summed E-state index contributed by atoms with van der Waals surface area (Å²) in [6, 6.07) is 0. The van der Waals surface area contributed by atoms with Crippen LogP contribution < -0.4 is 0 Å². The number of carbonyl (C=O) groups is 1. The van der Waals surface area contributed by atoms with E-state index in [1.807, 2.05) is 0 Å². The third-order valence-electron chi connectivity index (χ3n) is 3.50. The fraction of sp³-hybridized carbons (Fsp3) is 0.923. The van der Waals surface area contributed by atoms with Gasteiger partial charge in [-0.1, -0.05) is 26.7 Å². The maximum atomic E-state index is 10.5. The van der Waals surface area contributed by atoms with Crippen LogP contribution in [0.3, 0.4) is 0 Å². The van der Waals surface area contributed by atoms with Crippen LogP contribution in [0.15, 0.2) is 0 Å². The minimum Gasteiger partial charge on any atom is -0.481 e. The van der Waals surface area contributed by atoms with Gasteiger partial charge in [-0.05, 0) is 37.8 Å². The summed E-state index contributed by atoms with van der Waals surface area (Å²) in [5.41, 5.74) is 0. The zero-order chi connectivity index (χ0) is 12.0. The molecule has 94 valence electrons. The van der Waals surface area contributed by atoms with Crippen molar-refractivity contribution >= 4 is 5.97 Å². The molecule has 0 aromatic carbocycles. The van der Waals surface area contributed by atoms with Crippen molar-refractivity contribution < 1.29 is 9.90 Å². The van der Waals surface area contributed by atoms with Crippen LogP contribution in [0, 0.1) is 11.8 Å². The highest BCUT2D eigenvalue weighted by Gasteiger charge is 2.19. The van der Waals surface area contributed by atoms with Gasteiger partial charge in [0.05, 0.1) is 6.42 Å². The first-order chi connectivity index (χ1) is 7.58. The molecule has 1 aliphatic rings. The number of carboxylic acids is 1. The van der Waals surface area contributed by atoms with Crippen LogP contribution in [-0.2, 0) is 4.79 Å². The molecule has 1 fully saturated rings. The molecule has 3 heteroatoms. The van der Waals surface area contributed by atoms with Crippen LogP contribution in [0.5, 0.6) is 0 Å². The maximum absolute atomic E-state index is 10.5. The molecule has 0 aromatic heterocycles. The number of rotatable bonds is 6. The molecule has 0 amide bonds. The number of likely N-dealkylation sites (tertiary alicyclic amines) is 1. The molecule has 0 radical (unpaired) electrons. The quantitative estimate of drug-likeness (QED) is 0.758. The molecule has 0 spiro atoms. The van der Waals surface area contributed by atoms with E-state index in [0.29, 0.717) is 0 Å². The summed E-state index contributed by atoms with van der Waals surface area (Å²) in [5, 5.41) is 8.61. The largest absolute Gasteiger partial charge is 0.481 e. The lowest BCUT2D eigenvalue weighted by atomic mass is 9.89. The predicted octanol–water partition coefficient (Wildman–Crippen LogP) is 2.61. The summed E-state index contributed by atoms with van der Waals surface area (Å²) in [4.78, 5) is 12.7. The lowest BCUT2D eigenvalue weighted by molar-refractivity contribution is -0.137. The van der Waals surface area contributed by atoms with Crippen molar-refractivity contribution in [3.05, 3.63) is 0 Å². The van der Waals surface area contributed by atoms with Crippen molar-refractivity contribution in [2.45, 2.75) is 46.0 Å². The van der Waals surface area contributed by atoms with Crippen LogP contribution in [0.4, 0.5) is 0 Å². The molecule has 1 N–H and O–H groups in total. The lowest BCUT2D eigenvalue weighted by Crippen LogP contribution is -2.35. The lowest BCUT2D eigenvalue weighted by Gasteiger charge is -2.31. The third kappa shape index (κ3) is 5.50. The Morgan fingerprint density at radius 1 is 1.38 bits per heavy atom. The smallest absolute Gasteiger partial charge is 0.304 e. The highest BCUT2D eigenvalue weighted by Crippen LogP contribution is 2.23. The number of nitrogens with zero attached hydrogens (tertiary/aromatic N) is 1. The highest BCUT2D eigenvalue weighted by atomic mass is 16.4. The zero-order valence-corrected chi connectivity index (χ0v) is 10.6. The molecular formula is C13H25NO2. The van der Waals surface area contributed by atoms with Gasteiger partial charge in [-0.15, -0.1) is 0 Å². The van der Waals surface area contributed by atoms with Gasteiger partial charge in [-0.2, -0.15) is 0 Å². The van der Waals surface area contributed by atoms with Gasteiger partial charge in [0.15, 0.2) is 0 Å². The van der Waals surface area contributed by atoms with Crippen LogP contribution in [0.2, 0.25) is 0 Å². The minimum atomic E-state index is -0.679. The van der Waals surface area contributed by atoms with Crippen molar-refractivity contribution in [2.24, 2.45) is 11.8 Å². The van der Waals surface area contributed by atoms with Gasteiger partial charge in [0.1, 0.15) is 0 Å². The highest BCUT2D eigenvalue weighted by molar-refractivity contribution is 5.66. The Kier molecular flexibility index (Phi) is 5.81. The van der Waals surface area contributed by atoms with Crippen LogP contribution in [0.25, 0.3) is 0 Å². The van der Waals surface area contributed by atoms with Crippen molar-refractivity contribution in [1.82, 2.24) is 4.90 Å². The Morgan fingerprint density at radius 2 is 2.00 bits per heavy atom. The average Bonchev–Trinajstić information content (AvgIpc) is 2.25. The van der Waals surface area contributed by atoms with Gasteiger partial charge < -0.3 is 10.0 Å². The van der Waals surface area contributed by atoms with E-state index in [9.17, 15) is 4.79 Å². The Balaban J connectivity index is 2.11. The summed E-state index contributed by atoms with van der Waals surface area (Å²) in [7, 11) is 0. The fourth-order valence-corrected chi connectivity index (χ4v) is 2.32.